The first-order valence-corrected chi connectivity index (χ1v) is 7.45. The molecule has 2 aromatic rings. The Kier molecular flexibility index (Phi) is 3.83. The lowest BCUT2D eigenvalue weighted by Gasteiger charge is -2.17. The quantitative estimate of drug-likeness (QED) is 0.929. The molecule has 2 heterocycles. The van der Waals surface area contributed by atoms with Crippen LogP contribution in [0, 0.1) is 6.92 Å². The van der Waals surface area contributed by atoms with Crippen LogP contribution in [0.4, 0.5) is 0 Å². The van der Waals surface area contributed by atoms with Gasteiger partial charge in [0.1, 0.15) is 11.6 Å². The minimum absolute atomic E-state index is 0.325. The fourth-order valence-corrected chi connectivity index (χ4v) is 2.80. The average molecular weight is 270 g/mol. The fourth-order valence-electron chi connectivity index (χ4n) is 2.80. The largest absolute Gasteiger partial charge is 0.314 e. The third kappa shape index (κ3) is 2.75. The van der Waals surface area contributed by atoms with Gasteiger partial charge in [-0.15, -0.1) is 10.2 Å². The van der Waals surface area contributed by atoms with Gasteiger partial charge in [0.15, 0.2) is 0 Å². The summed E-state index contributed by atoms with van der Waals surface area (Å²) in [7, 11) is 0. The predicted octanol–water partition coefficient (Wildman–Crippen LogP) is 2.77. The molecule has 1 aromatic carbocycles. The molecule has 1 aliphatic rings. The average Bonchev–Trinajstić information content (AvgIpc) is 2.88. The second-order valence-corrected chi connectivity index (χ2v) is 5.66. The standard InChI is InChI=1S/C16H22N4/c1-12-6-5-7-14(10-12)13(2)17-11-16-19-18-15-8-3-4-9-20(15)16/h5-7,10,13,17H,3-4,8-9,11H2,1-2H3/t13-/m1/s1. The van der Waals surface area contributed by atoms with E-state index in [1.54, 1.807) is 0 Å². The number of rotatable bonds is 4. The Hall–Kier alpha value is -1.68. The van der Waals surface area contributed by atoms with Crippen molar-refractivity contribution in [3.63, 3.8) is 0 Å². The molecule has 0 aliphatic carbocycles. The molecule has 0 fully saturated rings. The van der Waals surface area contributed by atoms with E-state index < -0.39 is 0 Å². The summed E-state index contributed by atoms with van der Waals surface area (Å²) in [6, 6.07) is 8.97. The summed E-state index contributed by atoms with van der Waals surface area (Å²) in [6.45, 7) is 6.17. The minimum Gasteiger partial charge on any atom is -0.314 e. The Labute approximate surface area is 120 Å². The van der Waals surface area contributed by atoms with Gasteiger partial charge < -0.3 is 9.88 Å². The van der Waals surface area contributed by atoms with E-state index in [0.717, 1.165) is 31.2 Å². The molecule has 1 atom stereocenters. The highest BCUT2D eigenvalue weighted by Crippen LogP contribution is 2.17. The van der Waals surface area contributed by atoms with Gasteiger partial charge in [0, 0.05) is 19.0 Å². The Morgan fingerprint density at radius 2 is 2.20 bits per heavy atom. The molecule has 0 unspecified atom stereocenters. The smallest absolute Gasteiger partial charge is 0.147 e. The second kappa shape index (κ2) is 5.75. The fraction of sp³-hybridized carbons (Fsp3) is 0.500. The van der Waals surface area contributed by atoms with Crippen LogP contribution >= 0.6 is 0 Å². The van der Waals surface area contributed by atoms with Gasteiger partial charge >= 0.3 is 0 Å². The number of fused-ring (bicyclic) bond motifs is 1. The molecule has 0 saturated heterocycles. The van der Waals surface area contributed by atoms with E-state index in [1.165, 1.54) is 24.0 Å². The van der Waals surface area contributed by atoms with Gasteiger partial charge in [-0.3, -0.25) is 0 Å². The first-order chi connectivity index (χ1) is 9.74. The highest BCUT2D eigenvalue weighted by Gasteiger charge is 2.16. The number of hydrogen-bond acceptors (Lipinski definition) is 3. The van der Waals surface area contributed by atoms with Gasteiger partial charge in [-0.2, -0.15) is 0 Å². The summed E-state index contributed by atoms with van der Waals surface area (Å²) in [4.78, 5) is 0. The number of benzene rings is 1. The summed E-state index contributed by atoms with van der Waals surface area (Å²) >= 11 is 0. The molecule has 0 saturated carbocycles. The maximum Gasteiger partial charge on any atom is 0.147 e. The third-order valence-corrected chi connectivity index (χ3v) is 4.04. The second-order valence-electron chi connectivity index (χ2n) is 5.66. The Bertz CT molecular complexity index is 588. The summed E-state index contributed by atoms with van der Waals surface area (Å²) in [5, 5.41) is 12.2. The van der Waals surface area contributed by atoms with Crippen molar-refractivity contribution in [1.29, 1.82) is 0 Å². The van der Waals surface area contributed by atoms with E-state index in [-0.39, 0.29) is 0 Å². The van der Waals surface area contributed by atoms with Crippen molar-refractivity contribution >= 4 is 0 Å². The van der Waals surface area contributed by atoms with E-state index in [1.807, 2.05) is 0 Å². The summed E-state index contributed by atoms with van der Waals surface area (Å²) in [5.74, 6) is 2.22. The number of aryl methyl sites for hydroxylation is 2. The van der Waals surface area contributed by atoms with Crippen LogP contribution in [0.3, 0.4) is 0 Å². The van der Waals surface area contributed by atoms with Crippen molar-refractivity contribution in [3.05, 3.63) is 47.0 Å². The topological polar surface area (TPSA) is 42.7 Å². The van der Waals surface area contributed by atoms with Gasteiger partial charge in [-0.1, -0.05) is 29.8 Å². The van der Waals surface area contributed by atoms with E-state index in [0.29, 0.717) is 6.04 Å². The molecule has 106 valence electrons. The Balaban J connectivity index is 1.66. The Morgan fingerprint density at radius 3 is 3.05 bits per heavy atom. The molecular formula is C16H22N4. The molecule has 0 spiro atoms. The molecule has 1 aliphatic heterocycles. The van der Waals surface area contributed by atoms with Crippen LogP contribution < -0.4 is 5.32 Å². The van der Waals surface area contributed by atoms with Crippen molar-refractivity contribution in [2.75, 3.05) is 0 Å². The van der Waals surface area contributed by atoms with E-state index in [4.69, 9.17) is 0 Å². The SMILES string of the molecule is Cc1cccc([C@@H](C)NCc2nnc3n2CCCC3)c1. The molecule has 0 amide bonds. The van der Waals surface area contributed by atoms with E-state index in [2.05, 4.69) is 58.2 Å². The van der Waals surface area contributed by atoms with Gasteiger partial charge in [-0.25, -0.2) is 0 Å². The van der Waals surface area contributed by atoms with Crippen LogP contribution in [0.1, 0.15) is 48.6 Å². The third-order valence-electron chi connectivity index (χ3n) is 4.04. The molecule has 0 bridgehead atoms. The van der Waals surface area contributed by atoms with Crippen molar-refractivity contribution in [1.82, 2.24) is 20.1 Å². The van der Waals surface area contributed by atoms with Crippen LogP contribution in [-0.4, -0.2) is 14.8 Å². The van der Waals surface area contributed by atoms with Crippen molar-refractivity contribution < 1.29 is 0 Å². The van der Waals surface area contributed by atoms with Crippen LogP contribution in [0.25, 0.3) is 0 Å². The zero-order valence-electron chi connectivity index (χ0n) is 12.3. The molecule has 4 nitrogen and oxygen atoms in total. The van der Waals surface area contributed by atoms with Gasteiger partial charge in [0.2, 0.25) is 0 Å². The number of nitrogens with zero attached hydrogens (tertiary/aromatic N) is 3. The summed E-state index contributed by atoms with van der Waals surface area (Å²) < 4.78 is 2.28. The lowest BCUT2D eigenvalue weighted by Crippen LogP contribution is -2.22. The lowest BCUT2D eigenvalue weighted by atomic mass is 10.1. The highest BCUT2D eigenvalue weighted by atomic mass is 15.3. The van der Waals surface area contributed by atoms with E-state index in [9.17, 15) is 0 Å². The lowest BCUT2D eigenvalue weighted by molar-refractivity contribution is 0.484. The van der Waals surface area contributed by atoms with Crippen molar-refractivity contribution in [2.24, 2.45) is 0 Å². The predicted molar refractivity (Wildman–Crippen MR) is 79.4 cm³/mol. The first kappa shape index (κ1) is 13.3. The zero-order valence-corrected chi connectivity index (χ0v) is 12.3. The van der Waals surface area contributed by atoms with Gasteiger partial charge in [0.05, 0.1) is 6.54 Å². The number of hydrogen-bond donors (Lipinski definition) is 1. The van der Waals surface area contributed by atoms with E-state index >= 15 is 0 Å². The molecule has 0 radical (unpaired) electrons. The zero-order chi connectivity index (χ0) is 13.9. The van der Waals surface area contributed by atoms with Gasteiger partial charge in [-0.05, 0) is 32.3 Å². The van der Waals surface area contributed by atoms with Crippen molar-refractivity contribution in [3.8, 4) is 0 Å². The minimum atomic E-state index is 0.325. The summed E-state index contributed by atoms with van der Waals surface area (Å²) in [5.41, 5.74) is 2.62. The summed E-state index contributed by atoms with van der Waals surface area (Å²) in [6.07, 6.45) is 3.55. The molecule has 3 rings (SSSR count). The number of aromatic nitrogens is 3. The maximum absolute atomic E-state index is 4.33. The normalized spacial score (nSPS) is 15.9. The monoisotopic (exact) mass is 270 g/mol. The molecule has 20 heavy (non-hydrogen) atoms. The van der Waals surface area contributed by atoms with Crippen LogP contribution in [0.2, 0.25) is 0 Å². The van der Waals surface area contributed by atoms with Crippen LogP contribution in [0.15, 0.2) is 24.3 Å². The van der Waals surface area contributed by atoms with Gasteiger partial charge in [0.25, 0.3) is 0 Å². The van der Waals surface area contributed by atoms with Crippen LogP contribution in [0.5, 0.6) is 0 Å². The Morgan fingerprint density at radius 1 is 1.30 bits per heavy atom. The molecule has 1 aromatic heterocycles. The van der Waals surface area contributed by atoms with Crippen LogP contribution in [-0.2, 0) is 19.5 Å². The molecule has 1 N–H and O–H groups in total. The highest BCUT2D eigenvalue weighted by molar-refractivity contribution is 5.24. The van der Waals surface area contributed by atoms with Crippen molar-refractivity contribution in [2.45, 2.75) is 52.2 Å². The first-order valence-electron chi connectivity index (χ1n) is 7.45. The maximum atomic E-state index is 4.33. The molecule has 4 heteroatoms. The molecular weight excluding hydrogens is 248 g/mol. The number of nitrogens with one attached hydrogen (secondary N) is 1.